The number of nitrogens with zero attached hydrogens (tertiary/aromatic N) is 2. The Balaban J connectivity index is 2.08. The molecular weight excluding hydrogens is 166 g/mol. The van der Waals surface area contributed by atoms with E-state index in [9.17, 15) is 0 Å². The number of nitrogens with one attached hydrogen (secondary N) is 1. The highest BCUT2D eigenvalue weighted by Crippen LogP contribution is 2.21. The fraction of sp³-hybridized carbons (Fsp3) is 0.778. The highest BCUT2D eigenvalue weighted by atomic mass is 16.5. The number of rotatable bonds is 3. The Hall–Kier alpha value is -0.900. The minimum atomic E-state index is 0.408. The van der Waals surface area contributed by atoms with Gasteiger partial charge in [-0.1, -0.05) is 19.0 Å². The lowest BCUT2D eigenvalue weighted by molar-refractivity contribution is 0.305. The van der Waals surface area contributed by atoms with Crippen molar-refractivity contribution in [3.05, 3.63) is 11.7 Å². The molecule has 1 aromatic rings. The van der Waals surface area contributed by atoms with Crippen molar-refractivity contribution in [2.24, 2.45) is 0 Å². The van der Waals surface area contributed by atoms with E-state index in [1.54, 1.807) is 0 Å². The third-order valence-electron chi connectivity index (χ3n) is 2.64. The maximum absolute atomic E-state index is 5.19. The van der Waals surface area contributed by atoms with Crippen molar-refractivity contribution in [3.8, 4) is 0 Å². The molecule has 1 atom stereocenters. The average molecular weight is 181 g/mol. The van der Waals surface area contributed by atoms with Crippen LogP contribution in [0.5, 0.6) is 0 Å². The molecule has 1 aliphatic rings. The predicted molar refractivity (Wildman–Crippen MR) is 48.6 cm³/mol. The topological polar surface area (TPSA) is 51.0 Å². The van der Waals surface area contributed by atoms with Gasteiger partial charge in [0.2, 0.25) is 5.89 Å². The molecule has 1 unspecified atom stereocenters. The number of aromatic nitrogens is 2. The second-order valence-corrected chi connectivity index (χ2v) is 3.66. The minimum Gasteiger partial charge on any atom is -0.339 e. The molecule has 0 saturated carbocycles. The first-order valence-electron chi connectivity index (χ1n) is 4.85. The van der Waals surface area contributed by atoms with Gasteiger partial charge < -0.3 is 9.84 Å². The van der Waals surface area contributed by atoms with Crippen LogP contribution in [0.4, 0.5) is 0 Å². The molecule has 1 aromatic heterocycles. The highest BCUT2D eigenvalue weighted by Gasteiger charge is 2.25. The normalized spacial score (nSPS) is 19.8. The van der Waals surface area contributed by atoms with Crippen LogP contribution >= 0.6 is 0 Å². The summed E-state index contributed by atoms with van der Waals surface area (Å²) >= 11 is 0. The van der Waals surface area contributed by atoms with Gasteiger partial charge in [-0.15, -0.1) is 0 Å². The van der Waals surface area contributed by atoms with Crippen molar-refractivity contribution in [2.45, 2.75) is 32.1 Å². The van der Waals surface area contributed by atoms with E-state index < -0.39 is 0 Å². The Morgan fingerprint density at radius 3 is 2.92 bits per heavy atom. The molecule has 0 bridgehead atoms. The van der Waals surface area contributed by atoms with Gasteiger partial charge in [0.25, 0.3) is 0 Å². The summed E-state index contributed by atoms with van der Waals surface area (Å²) in [4.78, 5) is 4.39. The van der Waals surface area contributed by atoms with Crippen molar-refractivity contribution in [2.75, 3.05) is 13.1 Å². The van der Waals surface area contributed by atoms with Crippen molar-refractivity contribution in [3.63, 3.8) is 0 Å². The van der Waals surface area contributed by atoms with E-state index in [0.717, 1.165) is 31.2 Å². The zero-order valence-corrected chi connectivity index (χ0v) is 8.08. The fourth-order valence-electron chi connectivity index (χ4n) is 1.26. The molecule has 0 radical (unpaired) electrons. The third-order valence-corrected chi connectivity index (χ3v) is 2.64. The van der Waals surface area contributed by atoms with Gasteiger partial charge >= 0.3 is 0 Å². The van der Waals surface area contributed by atoms with Crippen molar-refractivity contribution >= 4 is 0 Å². The van der Waals surface area contributed by atoms with Gasteiger partial charge in [0, 0.05) is 19.0 Å². The molecule has 0 spiro atoms. The molecule has 4 heteroatoms. The van der Waals surface area contributed by atoms with Gasteiger partial charge in [-0.2, -0.15) is 4.98 Å². The van der Waals surface area contributed by atoms with E-state index in [1.807, 2.05) is 0 Å². The molecule has 0 aromatic carbocycles. The number of hydrogen-bond acceptors (Lipinski definition) is 4. The standard InChI is InChI=1S/C9H15N3O/c1-3-6(2)8-11-9(13-12-8)7-4-10-5-7/h6-7,10H,3-5H2,1-2H3. The van der Waals surface area contributed by atoms with Crippen LogP contribution in [0.2, 0.25) is 0 Å². The van der Waals surface area contributed by atoms with Crippen LogP contribution in [0, 0.1) is 0 Å². The monoisotopic (exact) mass is 181 g/mol. The van der Waals surface area contributed by atoms with Gasteiger partial charge in [0.15, 0.2) is 5.82 Å². The number of hydrogen-bond donors (Lipinski definition) is 1. The summed E-state index contributed by atoms with van der Waals surface area (Å²) in [6, 6.07) is 0. The summed E-state index contributed by atoms with van der Waals surface area (Å²) in [5.41, 5.74) is 0. The van der Waals surface area contributed by atoms with Crippen molar-refractivity contribution in [1.82, 2.24) is 15.5 Å². The summed E-state index contributed by atoms with van der Waals surface area (Å²) in [5, 5.41) is 7.16. The zero-order valence-electron chi connectivity index (χ0n) is 8.08. The Morgan fingerprint density at radius 2 is 2.38 bits per heavy atom. The fourth-order valence-corrected chi connectivity index (χ4v) is 1.26. The Morgan fingerprint density at radius 1 is 1.62 bits per heavy atom. The maximum Gasteiger partial charge on any atom is 0.232 e. The van der Waals surface area contributed by atoms with Gasteiger partial charge in [0.1, 0.15) is 0 Å². The van der Waals surface area contributed by atoms with Gasteiger partial charge in [-0.25, -0.2) is 0 Å². The minimum absolute atomic E-state index is 0.408. The smallest absolute Gasteiger partial charge is 0.232 e. The van der Waals surface area contributed by atoms with Crippen LogP contribution < -0.4 is 5.32 Å². The first-order valence-corrected chi connectivity index (χ1v) is 4.85. The van der Waals surface area contributed by atoms with Crippen molar-refractivity contribution in [1.29, 1.82) is 0 Å². The average Bonchev–Trinajstić information content (AvgIpc) is 2.49. The van der Waals surface area contributed by atoms with E-state index in [4.69, 9.17) is 4.52 Å². The molecule has 72 valence electrons. The Bertz CT molecular complexity index is 261. The van der Waals surface area contributed by atoms with E-state index in [0.29, 0.717) is 11.8 Å². The first-order chi connectivity index (χ1) is 6.31. The van der Waals surface area contributed by atoms with Gasteiger partial charge in [0.05, 0.1) is 5.92 Å². The Labute approximate surface area is 77.7 Å². The van der Waals surface area contributed by atoms with Crippen LogP contribution in [0.3, 0.4) is 0 Å². The van der Waals surface area contributed by atoms with Crippen LogP contribution in [-0.2, 0) is 0 Å². The predicted octanol–water partition coefficient (Wildman–Crippen LogP) is 1.27. The molecule has 0 aliphatic carbocycles. The summed E-state index contributed by atoms with van der Waals surface area (Å²) in [6.45, 7) is 6.20. The maximum atomic E-state index is 5.19. The lowest BCUT2D eigenvalue weighted by atomic mass is 10.0. The summed E-state index contributed by atoms with van der Waals surface area (Å²) in [7, 11) is 0. The molecule has 2 rings (SSSR count). The summed E-state index contributed by atoms with van der Waals surface area (Å²) in [6.07, 6.45) is 1.06. The zero-order chi connectivity index (χ0) is 9.26. The lowest BCUT2D eigenvalue weighted by Crippen LogP contribution is -2.40. The van der Waals surface area contributed by atoms with Gasteiger partial charge in [-0.05, 0) is 6.42 Å². The largest absolute Gasteiger partial charge is 0.339 e. The lowest BCUT2D eigenvalue weighted by Gasteiger charge is -2.22. The van der Waals surface area contributed by atoms with E-state index in [1.165, 1.54) is 0 Å². The summed E-state index contributed by atoms with van der Waals surface area (Å²) in [5.74, 6) is 2.51. The van der Waals surface area contributed by atoms with Crippen LogP contribution in [0.25, 0.3) is 0 Å². The molecule has 13 heavy (non-hydrogen) atoms. The molecule has 1 fully saturated rings. The Kier molecular flexibility index (Phi) is 2.31. The van der Waals surface area contributed by atoms with Crippen LogP contribution in [0.1, 0.15) is 43.8 Å². The molecular formula is C9H15N3O. The summed E-state index contributed by atoms with van der Waals surface area (Å²) < 4.78 is 5.19. The molecule has 1 aliphatic heterocycles. The molecule has 1 saturated heterocycles. The second kappa shape index (κ2) is 3.46. The molecule has 0 amide bonds. The van der Waals surface area contributed by atoms with Crippen LogP contribution in [0.15, 0.2) is 4.52 Å². The highest BCUT2D eigenvalue weighted by molar-refractivity contribution is 5.02. The molecule has 1 N–H and O–H groups in total. The van der Waals surface area contributed by atoms with Crippen molar-refractivity contribution < 1.29 is 4.52 Å². The molecule has 4 nitrogen and oxygen atoms in total. The SMILES string of the molecule is CCC(C)c1noc(C2CNC2)n1. The van der Waals surface area contributed by atoms with E-state index in [-0.39, 0.29) is 0 Å². The quantitative estimate of drug-likeness (QED) is 0.763. The first kappa shape index (κ1) is 8.69. The van der Waals surface area contributed by atoms with E-state index in [2.05, 4.69) is 29.3 Å². The second-order valence-electron chi connectivity index (χ2n) is 3.66. The van der Waals surface area contributed by atoms with Gasteiger partial charge in [-0.3, -0.25) is 0 Å². The third kappa shape index (κ3) is 1.58. The van der Waals surface area contributed by atoms with Crippen LogP contribution in [-0.4, -0.2) is 23.2 Å². The molecule has 2 heterocycles. The van der Waals surface area contributed by atoms with E-state index >= 15 is 0 Å².